The highest BCUT2D eigenvalue weighted by Crippen LogP contribution is 2.21. The molecule has 3 N–H and O–H groups in total. The molecule has 0 saturated heterocycles. The van der Waals surface area contributed by atoms with E-state index in [2.05, 4.69) is 4.98 Å². The molecule has 0 radical (unpaired) electrons. The zero-order valence-electron chi connectivity index (χ0n) is 9.23. The summed E-state index contributed by atoms with van der Waals surface area (Å²) >= 11 is 0. The van der Waals surface area contributed by atoms with Crippen LogP contribution >= 0.6 is 0 Å². The predicted octanol–water partition coefficient (Wildman–Crippen LogP) is 1.84. The van der Waals surface area contributed by atoms with E-state index in [-0.39, 0.29) is 5.69 Å². The van der Waals surface area contributed by atoms with Gasteiger partial charge in [-0.25, -0.2) is 4.79 Å². The van der Waals surface area contributed by atoms with Gasteiger partial charge in [-0.1, -0.05) is 37.3 Å². The van der Waals surface area contributed by atoms with Crippen molar-refractivity contribution in [2.45, 2.75) is 19.9 Å². The molecule has 4 heteroatoms. The van der Waals surface area contributed by atoms with Crippen molar-refractivity contribution in [3.8, 4) is 11.3 Å². The van der Waals surface area contributed by atoms with Gasteiger partial charge in [0, 0.05) is 12.1 Å². The number of nitrogens with zero attached hydrogens (tertiary/aromatic N) is 1. The van der Waals surface area contributed by atoms with E-state index in [9.17, 15) is 4.79 Å². The summed E-state index contributed by atoms with van der Waals surface area (Å²) in [4.78, 5) is 14.4. The average Bonchev–Trinajstić information content (AvgIpc) is 2.59. The first kappa shape index (κ1) is 10.5. The maximum absolute atomic E-state index is 11.7. The van der Waals surface area contributed by atoms with Gasteiger partial charge in [0.25, 0.3) is 0 Å². The van der Waals surface area contributed by atoms with Crippen LogP contribution in [0.25, 0.3) is 11.3 Å². The van der Waals surface area contributed by atoms with E-state index in [1.807, 2.05) is 37.3 Å². The fourth-order valence-corrected chi connectivity index (χ4v) is 1.75. The van der Waals surface area contributed by atoms with E-state index in [0.717, 1.165) is 12.0 Å². The quantitative estimate of drug-likeness (QED) is 0.823. The van der Waals surface area contributed by atoms with Gasteiger partial charge in [-0.05, 0) is 6.42 Å². The molecule has 0 aliphatic heterocycles. The first-order chi connectivity index (χ1) is 7.74. The van der Waals surface area contributed by atoms with Crippen molar-refractivity contribution in [3.05, 3.63) is 40.8 Å². The van der Waals surface area contributed by atoms with Crippen molar-refractivity contribution >= 4 is 5.82 Å². The Morgan fingerprint density at radius 1 is 1.31 bits per heavy atom. The standard InChI is InChI=1S/C12H15N3O/c1-2-8-15-11(13)10(14-12(15)16)9-6-4-3-5-7-9/h3-7H,2,8,13H2,1H3,(H,14,16). The fraction of sp³-hybridized carbons (Fsp3) is 0.250. The summed E-state index contributed by atoms with van der Waals surface area (Å²) in [5.41, 5.74) is 7.46. The predicted molar refractivity (Wildman–Crippen MR) is 65.2 cm³/mol. The van der Waals surface area contributed by atoms with Crippen molar-refractivity contribution in [1.29, 1.82) is 0 Å². The monoisotopic (exact) mass is 217 g/mol. The van der Waals surface area contributed by atoms with E-state index < -0.39 is 0 Å². The van der Waals surface area contributed by atoms with Crippen LogP contribution in [0.3, 0.4) is 0 Å². The molecule has 0 amide bonds. The van der Waals surface area contributed by atoms with E-state index in [0.29, 0.717) is 18.1 Å². The van der Waals surface area contributed by atoms with Crippen LogP contribution in [0, 0.1) is 0 Å². The first-order valence-corrected chi connectivity index (χ1v) is 5.37. The number of nitrogens with one attached hydrogen (secondary N) is 1. The molecule has 4 nitrogen and oxygen atoms in total. The molecule has 0 atom stereocenters. The molecule has 1 aromatic carbocycles. The van der Waals surface area contributed by atoms with Crippen LogP contribution in [0.5, 0.6) is 0 Å². The van der Waals surface area contributed by atoms with Gasteiger partial charge in [0.15, 0.2) is 0 Å². The molecule has 16 heavy (non-hydrogen) atoms. The maximum atomic E-state index is 11.7. The second-order valence-corrected chi connectivity index (χ2v) is 3.71. The first-order valence-electron chi connectivity index (χ1n) is 5.37. The number of aromatic nitrogens is 2. The minimum Gasteiger partial charge on any atom is -0.383 e. The van der Waals surface area contributed by atoms with Crippen LogP contribution in [0.15, 0.2) is 35.1 Å². The Bertz CT molecular complexity index is 525. The van der Waals surface area contributed by atoms with Crippen LogP contribution in [-0.4, -0.2) is 9.55 Å². The Morgan fingerprint density at radius 2 is 2.00 bits per heavy atom. The lowest BCUT2D eigenvalue weighted by molar-refractivity contribution is 0.664. The highest BCUT2D eigenvalue weighted by atomic mass is 16.1. The normalized spacial score (nSPS) is 10.6. The SMILES string of the molecule is CCCn1c(N)c(-c2ccccc2)[nH]c1=O. The van der Waals surface area contributed by atoms with Crippen LogP contribution in [0.1, 0.15) is 13.3 Å². The van der Waals surface area contributed by atoms with Crippen molar-refractivity contribution < 1.29 is 0 Å². The fourth-order valence-electron chi connectivity index (χ4n) is 1.75. The molecule has 1 aromatic heterocycles. The lowest BCUT2D eigenvalue weighted by atomic mass is 10.1. The Hall–Kier alpha value is -1.97. The van der Waals surface area contributed by atoms with Crippen molar-refractivity contribution in [2.24, 2.45) is 0 Å². The van der Waals surface area contributed by atoms with Gasteiger partial charge in [0.1, 0.15) is 5.82 Å². The van der Waals surface area contributed by atoms with Gasteiger partial charge < -0.3 is 10.7 Å². The molecule has 0 fully saturated rings. The minimum atomic E-state index is -0.141. The molecular weight excluding hydrogens is 202 g/mol. The summed E-state index contributed by atoms with van der Waals surface area (Å²) in [5, 5.41) is 0. The third kappa shape index (κ3) is 1.74. The van der Waals surface area contributed by atoms with E-state index in [1.165, 1.54) is 0 Å². The number of H-pyrrole nitrogens is 1. The van der Waals surface area contributed by atoms with Gasteiger partial charge >= 0.3 is 5.69 Å². The molecule has 2 aromatic rings. The Labute approximate surface area is 93.7 Å². The number of rotatable bonds is 3. The number of imidazole rings is 1. The minimum absolute atomic E-state index is 0.141. The molecule has 0 bridgehead atoms. The van der Waals surface area contributed by atoms with Gasteiger partial charge in [-0.3, -0.25) is 4.57 Å². The van der Waals surface area contributed by atoms with Crippen LogP contribution < -0.4 is 11.4 Å². The van der Waals surface area contributed by atoms with Gasteiger partial charge in [0.05, 0.1) is 5.69 Å². The number of nitrogen functional groups attached to an aromatic ring is 1. The molecule has 0 saturated carbocycles. The summed E-state index contributed by atoms with van der Waals surface area (Å²) < 4.78 is 1.57. The molecule has 1 heterocycles. The summed E-state index contributed by atoms with van der Waals surface area (Å²) in [5.74, 6) is 0.512. The summed E-state index contributed by atoms with van der Waals surface area (Å²) in [6, 6.07) is 9.63. The lowest BCUT2D eigenvalue weighted by Crippen LogP contribution is -2.18. The second kappa shape index (κ2) is 4.26. The van der Waals surface area contributed by atoms with Crippen LogP contribution in [0.2, 0.25) is 0 Å². The summed E-state index contributed by atoms with van der Waals surface area (Å²) in [6.07, 6.45) is 0.885. The van der Waals surface area contributed by atoms with Crippen LogP contribution in [0.4, 0.5) is 5.82 Å². The highest BCUT2D eigenvalue weighted by Gasteiger charge is 2.11. The topological polar surface area (TPSA) is 63.8 Å². The molecule has 2 rings (SSSR count). The van der Waals surface area contributed by atoms with E-state index in [1.54, 1.807) is 4.57 Å². The smallest absolute Gasteiger partial charge is 0.327 e. The Kier molecular flexibility index (Phi) is 2.81. The third-order valence-electron chi connectivity index (χ3n) is 2.53. The summed E-state index contributed by atoms with van der Waals surface area (Å²) in [7, 11) is 0. The molecule has 0 aliphatic rings. The third-order valence-corrected chi connectivity index (χ3v) is 2.53. The van der Waals surface area contributed by atoms with Crippen molar-refractivity contribution in [3.63, 3.8) is 0 Å². The van der Waals surface area contributed by atoms with Crippen molar-refractivity contribution in [1.82, 2.24) is 9.55 Å². The zero-order chi connectivity index (χ0) is 11.5. The zero-order valence-corrected chi connectivity index (χ0v) is 9.23. The molecular formula is C12H15N3O. The van der Waals surface area contributed by atoms with Crippen molar-refractivity contribution in [2.75, 3.05) is 5.73 Å². The Balaban J connectivity index is 2.52. The number of hydrogen-bond acceptors (Lipinski definition) is 2. The number of nitrogens with two attached hydrogens (primary N) is 1. The Morgan fingerprint density at radius 3 is 2.62 bits per heavy atom. The molecule has 0 spiro atoms. The number of benzene rings is 1. The second-order valence-electron chi connectivity index (χ2n) is 3.71. The average molecular weight is 217 g/mol. The number of hydrogen-bond donors (Lipinski definition) is 2. The lowest BCUT2D eigenvalue weighted by Gasteiger charge is -2.02. The molecule has 0 aliphatic carbocycles. The number of aromatic amines is 1. The highest BCUT2D eigenvalue weighted by molar-refractivity contribution is 5.70. The van der Waals surface area contributed by atoms with E-state index >= 15 is 0 Å². The molecule has 84 valence electrons. The van der Waals surface area contributed by atoms with Crippen LogP contribution in [-0.2, 0) is 6.54 Å². The largest absolute Gasteiger partial charge is 0.383 e. The van der Waals surface area contributed by atoms with Gasteiger partial charge in [-0.15, -0.1) is 0 Å². The van der Waals surface area contributed by atoms with E-state index in [4.69, 9.17) is 5.73 Å². The maximum Gasteiger partial charge on any atom is 0.327 e. The molecule has 0 unspecified atom stereocenters. The van der Waals surface area contributed by atoms with Gasteiger partial charge in [-0.2, -0.15) is 0 Å². The summed E-state index contributed by atoms with van der Waals surface area (Å²) in [6.45, 7) is 2.66. The number of anilines is 1. The van der Waals surface area contributed by atoms with Gasteiger partial charge in [0.2, 0.25) is 0 Å².